The summed E-state index contributed by atoms with van der Waals surface area (Å²) in [6, 6.07) is 9.01. The van der Waals surface area contributed by atoms with Crippen LogP contribution in [0.2, 0.25) is 0 Å². The van der Waals surface area contributed by atoms with Gasteiger partial charge in [0.1, 0.15) is 6.04 Å². The van der Waals surface area contributed by atoms with E-state index in [0.29, 0.717) is 0 Å². The van der Waals surface area contributed by atoms with E-state index in [2.05, 4.69) is 10.3 Å². The van der Waals surface area contributed by atoms with E-state index in [9.17, 15) is 9.90 Å². The fourth-order valence-corrected chi connectivity index (χ4v) is 2.11. The maximum atomic E-state index is 11.3. The van der Waals surface area contributed by atoms with Gasteiger partial charge in [-0.2, -0.15) is 0 Å². The van der Waals surface area contributed by atoms with Crippen LogP contribution in [0.25, 0.3) is 10.9 Å². The third-order valence-corrected chi connectivity index (χ3v) is 3.09. The number of aromatic nitrogens is 1. The van der Waals surface area contributed by atoms with Crippen LogP contribution in [0.4, 0.5) is 5.69 Å². The molecule has 2 N–H and O–H groups in total. The molecule has 1 aromatic heterocycles. The van der Waals surface area contributed by atoms with Crippen LogP contribution in [-0.4, -0.2) is 22.1 Å². The van der Waals surface area contributed by atoms with Crippen molar-refractivity contribution in [2.75, 3.05) is 5.32 Å². The zero-order chi connectivity index (χ0) is 14.0. The van der Waals surface area contributed by atoms with Crippen molar-refractivity contribution < 1.29 is 9.90 Å². The SMILES string of the molecule is Cc1cc(NC(C(=O)O)C(C)C)c2ccccc2n1. The van der Waals surface area contributed by atoms with Crippen LogP contribution in [0.15, 0.2) is 30.3 Å². The molecular weight excluding hydrogens is 240 g/mol. The molecule has 0 radical (unpaired) electrons. The predicted molar refractivity (Wildman–Crippen MR) is 76.4 cm³/mol. The van der Waals surface area contributed by atoms with Gasteiger partial charge in [0.25, 0.3) is 0 Å². The second-order valence-corrected chi connectivity index (χ2v) is 5.03. The number of carboxylic acid groups (broad SMARTS) is 1. The largest absolute Gasteiger partial charge is 0.480 e. The summed E-state index contributed by atoms with van der Waals surface area (Å²) in [6.45, 7) is 5.69. The van der Waals surface area contributed by atoms with Crippen molar-refractivity contribution in [2.45, 2.75) is 26.8 Å². The van der Waals surface area contributed by atoms with Gasteiger partial charge in [-0.05, 0) is 25.0 Å². The number of pyridine rings is 1. The smallest absolute Gasteiger partial charge is 0.326 e. The van der Waals surface area contributed by atoms with Crippen LogP contribution in [0.5, 0.6) is 0 Å². The van der Waals surface area contributed by atoms with Gasteiger partial charge in [0.2, 0.25) is 0 Å². The summed E-state index contributed by atoms with van der Waals surface area (Å²) >= 11 is 0. The average molecular weight is 258 g/mol. The van der Waals surface area contributed by atoms with Gasteiger partial charge in [-0.25, -0.2) is 4.79 Å². The van der Waals surface area contributed by atoms with Gasteiger partial charge in [0, 0.05) is 16.8 Å². The topological polar surface area (TPSA) is 62.2 Å². The minimum Gasteiger partial charge on any atom is -0.480 e. The molecular formula is C15H18N2O2. The quantitative estimate of drug-likeness (QED) is 0.884. The first kappa shape index (κ1) is 13.3. The molecule has 0 aliphatic carbocycles. The van der Waals surface area contributed by atoms with E-state index in [1.54, 1.807) is 0 Å². The zero-order valence-electron chi connectivity index (χ0n) is 11.3. The van der Waals surface area contributed by atoms with E-state index in [0.717, 1.165) is 22.3 Å². The lowest BCUT2D eigenvalue weighted by molar-refractivity contribution is -0.138. The Morgan fingerprint density at radius 1 is 1.32 bits per heavy atom. The fourth-order valence-electron chi connectivity index (χ4n) is 2.11. The number of aryl methyl sites for hydroxylation is 1. The molecule has 0 saturated carbocycles. The number of hydrogen-bond acceptors (Lipinski definition) is 3. The normalized spacial score (nSPS) is 12.6. The zero-order valence-corrected chi connectivity index (χ0v) is 11.3. The Morgan fingerprint density at radius 2 is 2.00 bits per heavy atom. The van der Waals surface area contributed by atoms with E-state index >= 15 is 0 Å². The number of carbonyl (C=O) groups is 1. The number of aliphatic carboxylic acids is 1. The van der Waals surface area contributed by atoms with Crippen molar-refractivity contribution >= 4 is 22.6 Å². The molecule has 4 heteroatoms. The first-order valence-electron chi connectivity index (χ1n) is 6.35. The highest BCUT2D eigenvalue weighted by atomic mass is 16.4. The first-order chi connectivity index (χ1) is 8.99. The standard InChI is InChI=1S/C15H18N2O2/c1-9(2)14(15(18)19)17-13-8-10(3)16-12-7-5-4-6-11(12)13/h4-9,14H,1-3H3,(H,16,17)(H,18,19). The van der Waals surface area contributed by atoms with Gasteiger partial charge in [0.05, 0.1) is 5.52 Å². The third-order valence-electron chi connectivity index (χ3n) is 3.09. The number of carboxylic acids is 1. The van der Waals surface area contributed by atoms with Crippen molar-refractivity contribution in [3.05, 3.63) is 36.0 Å². The fraction of sp³-hybridized carbons (Fsp3) is 0.333. The summed E-state index contributed by atoms with van der Waals surface area (Å²) in [5, 5.41) is 13.3. The minimum absolute atomic E-state index is 0.00438. The van der Waals surface area contributed by atoms with Crippen LogP contribution in [0.1, 0.15) is 19.5 Å². The van der Waals surface area contributed by atoms with E-state index < -0.39 is 12.0 Å². The molecule has 0 saturated heterocycles. The molecule has 0 aliphatic rings. The summed E-state index contributed by atoms with van der Waals surface area (Å²) in [4.78, 5) is 15.7. The molecule has 0 bridgehead atoms. The van der Waals surface area contributed by atoms with Crippen molar-refractivity contribution in [2.24, 2.45) is 5.92 Å². The Morgan fingerprint density at radius 3 is 2.63 bits per heavy atom. The van der Waals surface area contributed by atoms with Crippen LogP contribution >= 0.6 is 0 Å². The number of nitrogens with zero attached hydrogens (tertiary/aromatic N) is 1. The molecule has 100 valence electrons. The summed E-state index contributed by atoms with van der Waals surface area (Å²) in [5.41, 5.74) is 2.57. The van der Waals surface area contributed by atoms with Crippen molar-refractivity contribution in [3.63, 3.8) is 0 Å². The highest BCUT2D eigenvalue weighted by molar-refractivity contribution is 5.93. The van der Waals surface area contributed by atoms with Gasteiger partial charge < -0.3 is 10.4 Å². The Balaban J connectivity index is 2.47. The van der Waals surface area contributed by atoms with Crippen molar-refractivity contribution in [1.82, 2.24) is 4.98 Å². The van der Waals surface area contributed by atoms with Crippen LogP contribution in [-0.2, 0) is 4.79 Å². The molecule has 0 amide bonds. The summed E-state index contributed by atoms with van der Waals surface area (Å²) in [5.74, 6) is -0.835. The van der Waals surface area contributed by atoms with Crippen molar-refractivity contribution in [3.8, 4) is 0 Å². The number of rotatable bonds is 4. The lowest BCUT2D eigenvalue weighted by Crippen LogP contribution is -2.34. The third kappa shape index (κ3) is 2.84. The Hall–Kier alpha value is -2.10. The summed E-state index contributed by atoms with van der Waals surface area (Å²) in [7, 11) is 0. The van der Waals surface area contributed by atoms with Crippen molar-refractivity contribution in [1.29, 1.82) is 0 Å². The molecule has 0 aliphatic heterocycles. The molecule has 1 heterocycles. The van der Waals surface area contributed by atoms with Gasteiger partial charge in [-0.15, -0.1) is 0 Å². The van der Waals surface area contributed by atoms with Gasteiger partial charge in [-0.1, -0.05) is 32.0 Å². The molecule has 1 unspecified atom stereocenters. The van der Waals surface area contributed by atoms with E-state index in [1.807, 2.05) is 51.1 Å². The summed E-state index contributed by atoms with van der Waals surface area (Å²) in [6.07, 6.45) is 0. The molecule has 19 heavy (non-hydrogen) atoms. The molecule has 1 aromatic carbocycles. The average Bonchev–Trinajstić information content (AvgIpc) is 2.34. The van der Waals surface area contributed by atoms with Crippen LogP contribution < -0.4 is 5.32 Å². The molecule has 2 rings (SSSR count). The lowest BCUT2D eigenvalue weighted by atomic mass is 10.0. The monoisotopic (exact) mass is 258 g/mol. The number of fused-ring (bicyclic) bond motifs is 1. The van der Waals surface area contributed by atoms with Crippen LogP contribution in [0, 0.1) is 12.8 Å². The maximum Gasteiger partial charge on any atom is 0.326 e. The van der Waals surface area contributed by atoms with E-state index in [4.69, 9.17) is 0 Å². The number of para-hydroxylation sites is 1. The molecule has 1 atom stereocenters. The van der Waals surface area contributed by atoms with Crippen LogP contribution in [0.3, 0.4) is 0 Å². The van der Waals surface area contributed by atoms with Gasteiger partial charge in [-0.3, -0.25) is 4.98 Å². The lowest BCUT2D eigenvalue weighted by Gasteiger charge is -2.20. The van der Waals surface area contributed by atoms with Gasteiger partial charge in [0.15, 0.2) is 0 Å². The molecule has 4 nitrogen and oxygen atoms in total. The molecule has 2 aromatic rings. The number of nitrogens with one attached hydrogen (secondary N) is 1. The molecule has 0 fully saturated rings. The number of benzene rings is 1. The minimum atomic E-state index is -0.839. The highest BCUT2D eigenvalue weighted by Crippen LogP contribution is 2.24. The highest BCUT2D eigenvalue weighted by Gasteiger charge is 2.21. The Labute approximate surface area is 112 Å². The first-order valence-corrected chi connectivity index (χ1v) is 6.35. The molecule has 0 spiro atoms. The van der Waals surface area contributed by atoms with E-state index in [-0.39, 0.29) is 5.92 Å². The Bertz CT molecular complexity index is 608. The predicted octanol–water partition coefficient (Wildman–Crippen LogP) is 3.06. The Kier molecular flexibility index (Phi) is 3.69. The summed E-state index contributed by atoms with van der Waals surface area (Å²) < 4.78 is 0. The number of anilines is 1. The van der Waals surface area contributed by atoms with E-state index in [1.165, 1.54) is 0 Å². The number of hydrogen-bond donors (Lipinski definition) is 2. The van der Waals surface area contributed by atoms with Gasteiger partial charge >= 0.3 is 5.97 Å². The second-order valence-electron chi connectivity index (χ2n) is 5.03. The second kappa shape index (κ2) is 5.26. The maximum absolute atomic E-state index is 11.3.